The van der Waals surface area contributed by atoms with Gasteiger partial charge in [-0.25, -0.2) is 8.42 Å². The molecule has 0 fully saturated rings. The second kappa shape index (κ2) is 8.11. The van der Waals surface area contributed by atoms with Gasteiger partial charge in [-0.3, -0.25) is 4.79 Å². The molecule has 0 saturated carbocycles. The third-order valence-corrected chi connectivity index (χ3v) is 7.12. The molecule has 0 aliphatic rings. The van der Waals surface area contributed by atoms with Crippen LogP contribution in [0.25, 0.3) is 0 Å². The Bertz CT molecular complexity index is 1160. The number of amides is 1. The molecule has 0 aliphatic carbocycles. The van der Waals surface area contributed by atoms with Gasteiger partial charge in [0, 0.05) is 17.7 Å². The Morgan fingerprint density at radius 2 is 1.47 bits per heavy atom. The van der Waals surface area contributed by atoms with Gasteiger partial charge in [-0.15, -0.1) is 0 Å². The summed E-state index contributed by atoms with van der Waals surface area (Å²) in [6, 6.07) is 18.1. The van der Waals surface area contributed by atoms with Gasteiger partial charge in [-0.2, -0.15) is 0 Å². The molecule has 6 heteroatoms. The van der Waals surface area contributed by atoms with Crippen LogP contribution < -0.4 is 5.32 Å². The molecule has 0 radical (unpaired) electrons. The molecule has 3 aromatic rings. The fourth-order valence-corrected chi connectivity index (χ4v) is 4.98. The number of sulfone groups is 1. The zero-order valence-corrected chi connectivity index (χ0v) is 18.9. The first kappa shape index (κ1) is 21.8. The third kappa shape index (κ3) is 4.19. The molecule has 1 N–H and O–H groups in total. The second-order valence-electron chi connectivity index (χ2n) is 8.48. The van der Waals surface area contributed by atoms with Gasteiger partial charge >= 0.3 is 0 Å². The highest BCUT2D eigenvalue weighted by molar-refractivity contribution is 7.91. The zero-order chi connectivity index (χ0) is 22.1. The van der Waals surface area contributed by atoms with Crippen LogP contribution in [0.1, 0.15) is 37.6 Å². The summed E-state index contributed by atoms with van der Waals surface area (Å²) in [5.41, 5.74) is 1.79. The molecule has 3 rings (SSSR count). The number of carbonyl (C=O) groups excluding carboxylic acids is 1. The summed E-state index contributed by atoms with van der Waals surface area (Å²) in [5.74, 6) is 0.0801. The van der Waals surface area contributed by atoms with E-state index in [4.69, 9.17) is 0 Å². The Balaban J connectivity index is 2.23. The molecular formula is C24H28N2O3S. The van der Waals surface area contributed by atoms with Crippen molar-refractivity contribution in [3.05, 3.63) is 77.5 Å². The lowest BCUT2D eigenvalue weighted by Gasteiger charge is -2.20. The first-order chi connectivity index (χ1) is 14.0. The first-order valence-electron chi connectivity index (χ1n) is 9.88. The van der Waals surface area contributed by atoms with Gasteiger partial charge < -0.3 is 9.88 Å². The summed E-state index contributed by atoms with van der Waals surface area (Å²) in [7, 11) is -3.82. The second-order valence-corrected chi connectivity index (χ2v) is 10.4. The lowest BCUT2D eigenvalue weighted by molar-refractivity contribution is -0.123. The van der Waals surface area contributed by atoms with Crippen molar-refractivity contribution < 1.29 is 13.2 Å². The van der Waals surface area contributed by atoms with Crippen molar-refractivity contribution in [3.63, 3.8) is 0 Å². The molecule has 0 saturated heterocycles. The molecule has 158 valence electrons. The van der Waals surface area contributed by atoms with Crippen molar-refractivity contribution in [2.45, 2.75) is 51.0 Å². The Morgan fingerprint density at radius 1 is 0.933 bits per heavy atom. The van der Waals surface area contributed by atoms with Crippen LogP contribution >= 0.6 is 0 Å². The van der Waals surface area contributed by atoms with E-state index in [1.807, 2.05) is 41.8 Å². The number of anilines is 1. The van der Waals surface area contributed by atoms with Crippen molar-refractivity contribution in [2.24, 2.45) is 5.41 Å². The lowest BCUT2D eigenvalue weighted by Crippen LogP contribution is -2.29. The monoisotopic (exact) mass is 424 g/mol. The van der Waals surface area contributed by atoms with Crippen molar-refractivity contribution in [1.29, 1.82) is 0 Å². The Morgan fingerprint density at radius 3 is 2.00 bits per heavy atom. The SMILES string of the molecule is Cc1c(S(=O)(=O)c2ccccc2)c(NC(=O)C(C)(C)C)n(Cc2ccccc2)c1C. The summed E-state index contributed by atoms with van der Waals surface area (Å²) in [6.07, 6.45) is 0. The molecule has 5 nitrogen and oxygen atoms in total. The van der Waals surface area contributed by atoms with Crippen LogP contribution in [0.15, 0.2) is 70.5 Å². The zero-order valence-electron chi connectivity index (χ0n) is 18.1. The predicted octanol–water partition coefficient (Wildman–Crippen LogP) is 4.97. The Labute approximate surface area is 178 Å². The quantitative estimate of drug-likeness (QED) is 0.629. The number of aromatic nitrogens is 1. The number of nitrogens with zero attached hydrogens (tertiary/aromatic N) is 1. The normalized spacial score (nSPS) is 12.0. The largest absolute Gasteiger partial charge is 0.326 e. The molecule has 2 aromatic carbocycles. The molecule has 0 bridgehead atoms. The summed E-state index contributed by atoms with van der Waals surface area (Å²) in [5, 5.41) is 2.92. The average Bonchev–Trinajstić information content (AvgIpc) is 2.93. The lowest BCUT2D eigenvalue weighted by atomic mass is 9.96. The molecule has 1 amide bonds. The van der Waals surface area contributed by atoms with Crippen molar-refractivity contribution in [1.82, 2.24) is 4.57 Å². The van der Waals surface area contributed by atoms with Crippen LogP contribution in [-0.4, -0.2) is 18.9 Å². The standard InChI is InChI=1S/C24H28N2O3S/c1-17-18(2)26(16-19-12-8-6-9-13-19)22(25-23(27)24(3,4)5)21(17)30(28,29)20-14-10-7-11-15-20/h6-15H,16H2,1-5H3,(H,25,27). The van der Waals surface area contributed by atoms with Gasteiger partial charge in [0.15, 0.2) is 0 Å². The van der Waals surface area contributed by atoms with Gasteiger partial charge in [0.2, 0.25) is 15.7 Å². The fraction of sp³-hybridized carbons (Fsp3) is 0.292. The van der Waals surface area contributed by atoms with E-state index in [1.54, 1.807) is 58.0 Å². The van der Waals surface area contributed by atoms with Crippen molar-refractivity contribution in [3.8, 4) is 0 Å². The summed E-state index contributed by atoms with van der Waals surface area (Å²) in [4.78, 5) is 13.2. The molecule has 0 unspecified atom stereocenters. The Hall–Kier alpha value is -2.86. The van der Waals surface area contributed by atoms with E-state index in [1.165, 1.54) is 0 Å². The molecule has 1 heterocycles. The number of carbonyl (C=O) groups is 1. The molecule has 0 aliphatic heterocycles. The van der Waals surface area contributed by atoms with E-state index in [0.29, 0.717) is 17.9 Å². The maximum absolute atomic E-state index is 13.6. The van der Waals surface area contributed by atoms with Gasteiger partial charge in [-0.05, 0) is 37.1 Å². The number of nitrogens with one attached hydrogen (secondary N) is 1. The highest BCUT2D eigenvalue weighted by atomic mass is 32.2. The number of rotatable bonds is 5. The van der Waals surface area contributed by atoms with Crippen LogP contribution in [0.4, 0.5) is 5.82 Å². The van der Waals surface area contributed by atoms with Crippen molar-refractivity contribution in [2.75, 3.05) is 5.32 Å². The third-order valence-electron chi connectivity index (χ3n) is 5.19. The van der Waals surface area contributed by atoms with E-state index in [9.17, 15) is 13.2 Å². The maximum Gasteiger partial charge on any atom is 0.230 e. The smallest absolute Gasteiger partial charge is 0.230 e. The molecule has 0 spiro atoms. The maximum atomic E-state index is 13.6. The molecular weight excluding hydrogens is 396 g/mol. The predicted molar refractivity (Wildman–Crippen MR) is 119 cm³/mol. The van der Waals surface area contributed by atoms with Gasteiger partial charge in [-0.1, -0.05) is 69.3 Å². The average molecular weight is 425 g/mol. The number of benzene rings is 2. The fourth-order valence-electron chi connectivity index (χ4n) is 3.26. The summed E-state index contributed by atoms with van der Waals surface area (Å²) >= 11 is 0. The summed E-state index contributed by atoms with van der Waals surface area (Å²) in [6.45, 7) is 9.54. The minimum atomic E-state index is -3.82. The topological polar surface area (TPSA) is 68.2 Å². The van der Waals surface area contributed by atoms with Crippen LogP contribution in [0, 0.1) is 19.3 Å². The molecule has 1 aromatic heterocycles. The first-order valence-corrected chi connectivity index (χ1v) is 11.4. The Kier molecular flexibility index (Phi) is 5.90. The number of hydrogen-bond acceptors (Lipinski definition) is 3. The summed E-state index contributed by atoms with van der Waals surface area (Å²) < 4.78 is 29.0. The van der Waals surface area contributed by atoms with Crippen LogP contribution in [0.2, 0.25) is 0 Å². The highest BCUT2D eigenvalue weighted by Gasteiger charge is 2.32. The van der Waals surface area contributed by atoms with Crippen LogP contribution in [0.5, 0.6) is 0 Å². The number of hydrogen-bond donors (Lipinski definition) is 1. The minimum Gasteiger partial charge on any atom is -0.326 e. The molecule has 0 atom stereocenters. The van der Waals surface area contributed by atoms with Crippen molar-refractivity contribution >= 4 is 21.6 Å². The van der Waals surface area contributed by atoms with Gasteiger partial charge in [0.05, 0.1) is 4.90 Å². The van der Waals surface area contributed by atoms with Gasteiger partial charge in [0.25, 0.3) is 0 Å². The minimum absolute atomic E-state index is 0.153. The van der Waals surface area contributed by atoms with Gasteiger partial charge in [0.1, 0.15) is 10.7 Å². The van der Waals surface area contributed by atoms with E-state index in [-0.39, 0.29) is 15.7 Å². The molecule has 30 heavy (non-hydrogen) atoms. The van der Waals surface area contributed by atoms with E-state index >= 15 is 0 Å². The van der Waals surface area contributed by atoms with E-state index < -0.39 is 15.3 Å². The van der Waals surface area contributed by atoms with E-state index in [2.05, 4.69) is 5.32 Å². The van der Waals surface area contributed by atoms with E-state index in [0.717, 1.165) is 11.3 Å². The van der Waals surface area contributed by atoms with Crippen LogP contribution in [-0.2, 0) is 21.2 Å². The van der Waals surface area contributed by atoms with Crippen LogP contribution in [0.3, 0.4) is 0 Å². The highest BCUT2D eigenvalue weighted by Crippen LogP contribution is 2.36.